The Morgan fingerprint density at radius 2 is 1.85 bits per heavy atom. The van der Waals surface area contributed by atoms with Crippen molar-refractivity contribution >= 4 is 11.7 Å². The van der Waals surface area contributed by atoms with Crippen molar-refractivity contribution in [2.24, 2.45) is 5.92 Å². The molecule has 3 atom stereocenters. The number of carbonyl (C=O) groups is 1. The van der Waals surface area contributed by atoms with Crippen molar-refractivity contribution in [2.45, 2.75) is 32.5 Å². The minimum Gasteiger partial charge on any atom is -0.454 e. The Bertz CT molecular complexity index is 943. The topological polar surface area (TPSA) is 83.5 Å². The molecule has 0 fully saturated rings. The van der Waals surface area contributed by atoms with Gasteiger partial charge < -0.3 is 29.5 Å². The summed E-state index contributed by atoms with van der Waals surface area (Å²) in [5, 5.41) is 12.5. The Kier molecular flexibility index (Phi) is 9.09. The number of hydrogen-bond acceptors (Lipinski definition) is 6. The van der Waals surface area contributed by atoms with Crippen LogP contribution in [-0.4, -0.2) is 73.7 Å². The Balaban J connectivity index is 1.59. The Labute approximate surface area is 200 Å². The third-order valence-corrected chi connectivity index (χ3v) is 5.96. The highest BCUT2D eigenvalue weighted by Crippen LogP contribution is 2.32. The van der Waals surface area contributed by atoms with E-state index in [0.29, 0.717) is 25.3 Å². The predicted octanol–water partition coefficient (Wildman–Crippen LogP) is 3.55. The summed E-state index contributed by atoms with van der Waals surface area (Å²) in [5.41, 5.74) is 1.59. The molecule has 1 aliphatic rings. The van der Waals surface area contributed by atoms with Crippen molar-refractivity contribution in [1.29, 1.82) is 0 Å². The fourth-order valence-electron chi connectivity index (χ4n) is 3.93. The van der Waals surface area contributed by atoms with E-state index in [9.17, 15) is 14.3 Å². The van der Waals surface area contributed by atoms with Gasteiger partial charge in [-0.05, 0) is 55.9 Å². The molecular formula is C25H34FN3O5. The maximum absolute atomic E-state index is 13.2. The molecule has 0 saturated heterocycles. The molecular weight excluding hydrogens is 441 g/mol. The molecule has 2 amide bonds. The zero-order chi connectivity index (χ0) is 24.7. The van der Waals surface area contributed by atoms with Crippen LogP contribution in [0.15, 0.2) is 42.5 Å². The van der Waals surface area contributed by atoms with Gasteiger partial charge in [0.25, 0.3) is 0 Å². The van der Waals surface area contributed by atoms with Gasteiger partial charge in [0.15, 0.2) is 11.5 Å². The van der Waals surface area contributed by atoms with Crippen LogP contribution in [0.25, 0.3) is 0 Å². The third-order valence-electron chi connectivity index (χ3n) is 5.96. The molecule has 0 unspecified atom stereocenters. The molecule has 0 aliphatic carbocycles. The number of ether oxygens (including phenoxy) is 3. The average molecular weight is 476 g/mol. The van der Waals surface area contributed by atoms with Gasteiger partial charge in [-0.3, -0.25) is 4.90 Å². The summed E-state index contributed by atoms with van der Waals surface area (Å²) in [5.74, 6) is 1.12. The SMILES string of the molecule is CO[C@@H](CN(C)Cc1ccc2c(c1)OCO2)[C@@H](C)CN(C(=O)Nc1ccc(F)cc1)[C@@H](C)CO. The van der Waals surface area contributed by atoms with Gasteiger partial charge in [-0.2, -0.15) is 0 Å². The van der Waals surface area contributed by atoms with E-state index in [-0.39, 0.29) is 37.3 Å². The first-order valence-electron chi connectivity index (χ1n) is 11.3. The molecule has 9 heteroatoms. The standard InChI is InChI=1S/C25H34FN3O5/c1-17(12-29(18(2)15-30)25(31)27-21-8-6-20(26)7-9-21)24(32-4)14-28(3)13-19-5-10-22-23(11-19)34-16-33-22/h5-11,17-18,24,30H,12-16H2,1-4H3,(H,27,31)/t17-,18-,24-/m0/s1. The van der Waals surface area contributed by atoms with Crippen molar-refractivity contribution in [3.05, 3.63) is 53.8 Å². The lowest BCUT2D eigenvalue weighted by Crippen LogP contribution is -2.48. The highest BCUT2D eigenvalue weighted by Gasteiger charge is 2.27. The summed E-state index contributed by atoms with van der Waals surface area (Å²) < 4.78 is 29.8. The second kappa shape index (κ2) is 12.0. The molecule has 0 saturated carbocycles. The average Bonchev–Trinajstić information content (AvgIpc) is 3.29. The van der Waals surface area contributed by atoms with Crippen LogP contribution in [0, 0.1) is 11.7 Å². The number of halogens is 1. The normalized spacial score (nSPS) is 15.1. The minimum atomic E-state index is -0.397. The number of rotatable bonds is 11. The van der Waals surface area contributed by atoms with Gasteiger partial charge in [0.05, 0.1) is 18.8 Å². The van der Waals surface area contributed by atoms with Gasteiger partial charge in [-0.1, -0.05) is 13.0 Å². The van der Waals surface area contributed by atoms with Crippen LogP contribution >= 0.6 is 0 Å². The van der Waals surface area contributed by atoms with Gasteiger partial charge in [0.2, 0.25) is 6.79 Å². The van der Waals surface area contributed by atoms with E-state index in [2.05, 4.69) is 10.2 Å². The molecule has 0 spiro atoms. The second-order valence-electron chi connectivity index (χ2n) is 8.76. The summed E-state index contributed by atoms with van der Waals surface area (Å²) in [6.45, 7) is 5.60. The summed E-state index contributed by atoms with van der Waals surface area (Å²) in [4.78, 5) is 16.7. The highest BCUT2D eigenvalue weighted by molar-refractivity contribution is 5.89. The first kappa shape index (κ1) is 25.7. The van der Waals surface area contributed by atoms with Crippen molar-refractivity contribution in [1.82, 2.24) is 9.80 Å². The quantitative estimate of drug-likeness (QED) is 0.517. The number of amides is 2. The molecule has 2 aromatic rings. The van der Waals surface area contributed by atoms with Crippen molar-refractivity contribution in [2.75, 3.05) is 46.0 Å². The number of aliphatic hydroxyl groups is 1. The number of methoxy groups -OCH3 is 1. The van der Waals surface area contributed by atoms with Gasteiger partial charge in [0.1, 0.15) is 5.82 Å². The van der Waals surface area contributed by atoms with Crippen LogP contribution in [0.5, 0.6) is 11.5 Å². The third kappa shape index (κ3) is 6.82. The maximum Gasteiger partial charge on any atom is 0.322 e. The van der Waals surface area contributed by atoms with Crippen LogP contribution in [0.1, 0.15) is 19.4 Å². The first-order valence-corrected chi connectivity index (χ1v) is 11.3. The lowest BCUT2D eigenvalue weighted by atomic mass is 10.0. The molecule has 0 radical (unpaired) electrons. The number of hydrogen-bond donors (Lipinski definition) is 2. The molecule has 0 aromatic heterocycles. The number of carbonyl (C=O) groups excluding carboxylic acids is 1. The number of benzene rings is 2. The number of likely N-dealkylation sites (N-methyl/N-ethyl adjacent to an activating group) is 1. The number of anilines is 1. The minimum absolute atomic E-state index is 0.0165. The predicted molar refractivity (Wildman–Crippen MR) is 128 cm³/mol. The first-order chi connectivity index (χ1) is 16.3. The van der Waals surface area contributed by atoms with Gasteiger partial charge in [-0.15, -0.1) is 0 Å². The highest BCUT2D eigenvalue weighted by atomic mass is 19.1. The van der Waals surface area contributed by atoms with Crippen LogP contribution in [0.3, 0.4) is 0 Å². The number of urea groups is 1. The molecule has 2 N–H and O–H groups in total. The van der Waals surface area contributed by atoms with Crippen LogP contribution in [0.4, 0.5) is 14.9 Å². The largest absolute Gasteiger partial charge is 0.454 e. The fourth-order valence-corrected chi connectivity index (χ4v) is 3.93. The van der Waals surface area contributed by atoms with Crippen molar-refractivity contribution < 1.29 is 28.5 Å². The summed E-state index contributed by atoms with van der Waals surface area (Å²) in [7, 11) is 3.67. The lowest BCUT2D eigenvalue weighted by Gasteiger charge is -2.34. The van der Waals surface area contributed by atoms with Crippen LogP contribution in [0.2, 0.25) is 0 Å². The molecule has 186 valence electrons. The zero-order valence-corrected chi connectivity index (χ0v) is 20.2. The Morgan fingerprint density at radius 1 is 1.15 bits per heavy atom. The number of fused-ring (bicyclic) bond motifs is 1. The van der Waals surface area contributed by atoms with Crippen molar-refractivity contribution in [3.8, 4) is 11.5 Å². The molecule has 2 aromatic carbocycles. The van der Waals surface area contributed by atoms with Gasteiger partial charge in [-0.25, -0.2) is 9.18 Å². The molecule has 0 bridgehead atoms. The van der Waals surface area contributed by atoms with Crippen LogP contribution in [-0.2, 0) is 11.3 Å². The van der Waals surface area contributed by atoms with E-state index in [4.69, 9.17) is 14.2 Å². The summed E-state index contributed by atoms with van der Waals surface area (Å²) >= 11 is 0. The smallest absolute Gasteiger partial charge is 0.322 e. The number of aliphatic hydroxyl groups excluding tert-OH is 1. The van der Waals surface area contributed by atoms with E-state index in [1.165, 1.54) is 24.3 Å². The maximum atomic E-state index is 13.2. The summed E-state index contributed by atoms with van der Waals surface area (Å²) in [6, 6.07) is 10.7. The van der Waals surface area contributed by atoms with E-state index in [0.717, 1.165) is 17.1 Å². The van der Waals surface area contributed by atoms with Crippen molar-refractivity contribution in [3.63, 3.8) is 0 Å². The fraction of sp³-hybridized carbons (Fsp3) is 0.480. The molecule has 1 heterocycles. The van der Waals surface area contributed by atoms with E-state index < -0.39 is 6.04 Å². The van der Waals surface area contributed by atoms with Gasteiger partial charge in [0, 0.05) is 38.3 Å². The molecule has 3 rings (SSSR count). The Hall–Kier alpha value is -2.88. The summed E-state index contributed by atoms with van der Waals surface area (Å²) in [6.07, 6.45) is -0.147. The number of nitrogens with zero attached hydrogens (tertiary/aromatic N) is 2. The van der Waals surface area contributed by atoms with E-state index >= 15 is 0 Å². The molecule has 8 nitrogen and oxygen atoms in total. The van der Waals surface area contributed by atoms with E-state index in [1.807, 2.05) is 32.2 Å². The second-order valence-corrected chi connectivity index (χ2v) is 8.76. The van der Waals surface area contributed by atoms with E-state index in [1.54, 1.807) is 18.9 Å². The number of nitrogens with one attached hydrogen (secondary N) is 1. The van der Waals surface area contributed by atoms with Crippen LogP contribution < -0.4 is 14.8 Å². The van der Waals surface area contributed by atoms with Gasteiger partial charge >= 0.3 is 6.03 Å². The monoisotopic (exact) mass is 475 g/mol. The lowest BCUT2D eigenvalue weighted by molar-refractivity contribution is 0.0177. The Morgan fingerprint density at radius 3 is 2.53 bits per heavy atom. The molecule has 1 aliphatic heterocycles. The molecule has 34 heavy (non-hydrogen) atoms. The zero-order valence-electron chi connectivity index (χ0n) is 20.2.